The molecule has 1 aromatic rings. The van der Waals surface area contributed by atoms with Gasteiger partial charge in [0.2, 0.25) is 0 Å². The molecule has 0 bridgehead atoms. The zero-order valence-electron chi connectivity index (χ0n) is 15.9. The summed E-state index contributed by atoms with van der Waals surface area (Å²) >= 11 is 0. The maximum absolute atomic E-state index is 5.77. The minimum absolute atomic E-state index is 0.638. The average molecular weight is 364 g/mol. The largest absolute Gasteiger partial charge is 0.381 e. The van der Waals surface area contributed by atoms with Crippen LogP contribution in [-0.2, 0) is 20.8 Å². The minimum Gasteiger partial charge on any atom is -0.381 e. The van der Waals surface area contributed by atoms with Crippen LogP contribution in [0.25, 0.3) is 0 Å². The summed E-state index contributed by atoms with van der Waals surface area (Å²) in [7, 11) is 1.78. The van der Waals surface area contributed by atoms with Crippen molar-refractivity contribution in [1.82, 2.24) is 10.6 Å². The minimum atomic E-state index is 0.638. The molecular formula is C20H33N3O3. The fourth-order valence-electron chi connectivity index (χ4n) is 2.77. The van der Waals surface area contributed by atoms with Crippen molar-refractivity contribution in [2.75, 3.05) is 53.2 Å². The molecule has 0 spiro atoms. The summed E-state index contributed by atoms with van der Waals surface area (Å²) in [4.78, 5) is 4.22. The van der Waals surface area contributed by atoms with Crippen molar-refractivity contribution < 1.29 is 14.2 Å². The molecule has 0 unspecified atom stereocenters. The van der Waals surface area contributed by atoms with Gasteiger partial charge < -0.3 is 24.8 Å². The molecule has 2 N–H and O–H groups in total. The normalized spacial score (nSPS) is 15.8. The second-order valence-electron chi connectivity index (χ2n) is 6.45. The number of rotatable bonds is 11. The van der Waals surface area contributed by atoms with Crippen molar-refractivity contribution in [3.05, 3.63) is 35.9 Å². The van der Waals surface area contributed by atoms with Gasteiger partial charge in [0.05, 0.1) is 13.2 Å². The van der Waals surface area contributed by atoms with Gasteiger partial charge in [-0.1, -0.05) is 30.3 Å². The van der Waals surface area contributed by atoms with Gasteiger partial charge in [0.1, 0.15) is 0 Å². The smallest absolute Gasteiger partial charge is 0.191 e. The van der Waals surface area contributed by atoms with Gasteiger partial charge in [0.25, 0.3) is 0 Å². The average Bonchev–Trinajstić information content (AvgIpc) is 2.70. The first-order valence-corrected chi connectivity index (χ1v) is 9.60. The van der Waals surface area contributed by atoms with Crippen LogP contribution < -0.4 is 10.6 Å². The zero-order chi connectivity index (χ0) is 18.3. The predicted molar refractivity (Wildman–Crippen MR) is 104 cm³/mol. The summed E-state index contributed by atoms with van der Waals surface area (Å²) < 4.78 is 16.8. The van der Waals surface area contributed by atoms with Crippen molar-refractivity contribution in [2.24, 2.45) is 10.9 Å². The summed E-state index contributed by atoms with van der Waals surface area (Å²) in [5.74, 6) is 1.47. The van der Waals surface area contributed by atoms with Crippen molar-refractivity contribution in [2.45, 2.75) is 25.9 Å². The Morgan fingerprint density at radius 3 is 2.62 bits per heavy atom. The Hall–Kier alpha value is -1.63. The van der Waals surface area contributed by atoms with Crippen LogP contribution in [0, 0.1) is 5.92 Å². The monoisotopic (exact) mass is 363 g/mol. The highest BCUT2D eigenvalue weighted by Gasteiger charge is 2.13. The van der Waals surface area contributed by atoms with Gasteiger partial charge in [-0.2, -0.15) is 0 Å². The fraction of sp³-hybridized carbons (Fsp3) is 0.650. The third kappa shape index (κ3) is 9.17. The summed E-state index contributed by atoms with van der Waals surface area (Å²) in [6.45, 7) is 6.25. The van der Waals surface area contributed by atoms with E-state index in [1.807, 2.05) is 18.2 Å². The van der Waals surface area contributed by atoms with Crippen LogP contribution in [0.5, 0.6) is 0 Å². The number of hydrogen-bond acceptors (Lipinski definition) is 4. The zero-order valence-corrected chi connectivity index (χ0v) is 15.9. The highest BCUT2D eigenvalue weighted by atomic mass is 16.5. The molecule has 1 aliphatic rings. The standard InChI is InChI=1S/C20H33N3O3/c1-21-20(23-11-15-26-16-18-6-3-2-4-7-18)22-10-5-12-25-17-19-8-13-24-14-9-19/h2-4,6-7,19H,5,8-17H2,1H3,(H2,21,22,23). The summed E-state index contributed by atoms with van der Waals surface area (Å²) in [6, 6.07) is 10.2. The Balaban J connectivity index is 1.42. The first-order chi connectivity index (χ1) is 12.9. The lowest BCUT2D eigenvalue weighted by molar-refractivity contribution is 0.0203. The summed E-state index contributed by atoms with van der Waals surface area (Å²) in [5.41, 5.74) is 1.19. The molecule has 0 saturated carbocycles. The van der Waals surface area contributed by atoms with E-state index in [4.69, 9.17) is 14.2 Å². The molecule has 6 heteroatoms. The molecule has 1 aromatic carbocycles. The van der Waals surface area contributed by atoms with E-state index >= 15 is 0 Å². The topological polar surface area (TPSA) is 64.1 Å². The molecule has 1 saturated heterocycles. The molecule has 0 atom stereocenters. The lowest BCUT2D eigenvalue weighted by atomic mass is 10.0. The van der Waals surface area contributed by atoms with Crippen LogP contribution >= 0.6 is 0 Å². The van der Waals surface area contributed by atoms with Gasteiger partial charge >= 0.3 is 0 Å². The molecule has 146 valence electrons. The van der Waals surface area contributed by atoms with Gasteiger partial charge in [-0.3, -0.25) is 4.99 Å². The van der Waals surface area contributed by atoms with E-state index in [-0.39, 0.29) is 0 Å². The second-order valence-corrected chi connectivity index (χ2v) is 6.45. The maximum atomic E-state index is 5.77. The van der Waals surface area contributed by atoms with Gasteiger partial charge in [-0.05, 0) is 30.7 Å². The number of benzene rings is 1. The molecule has 26 heavy (non-hydrogen) atoms. The maximum Gasteiger partial charge on any atom is 0.191 e. The Kier molecular flexibility index (Phi) is 10.8. The number of hydrogen-bond donors (Lipinski definition) is 2. The molecule has 1 heterocycles. The predicted octanol–water partition coefficient (Wildman–Crippen LogP) is 2.20. The Labute approximate surface area is 157 Å². The number of aliphatic imine (C=N–C) groups is 1. The molecule has 1 fully saturated rings. The molecular weight excluding hydrogens is 330 g/mol. The van der Waals surface area contributed by atoms with Crippen molar-refractivity contribution in [1.29, 1.82) is 0 Å². The highest BCUT2D eigenvalue weighted by molar-refractivity contribution is 5.79. The Morgan fingerprint density at radius 2 is 1.85 bits per heavy atom. The van der Waals surface area contributed by atoms with Gasteiger partial charge in [-0.15, -0.1) is 0 Å². The van der Waals surface area contributed by atoms with Crippen LogP contribution in [0.2, 0.25) is 0 Å². The molecule has 0 radical (unpaired) electrons. The van der Waals surface area contributed by atoms with Gasteiger partial charge in [0.15, 0.2) is 5.96 Å². The van der Waals surface area contributed by atoms with E-state index in [0.29, 0.717) is 19.1 Å². The summed E-state index contributed by atoms with van der Waals surface area (Å²) in [5, 5.41) is 6.56. The van der Waals surface area contributed by atoms with Crippen LogP contribution in [0.1, 0.15) is 24.8 Å². The molecule has 6 nitrogen and oxygen atoms in total. The Bertz CT molecular complexity index is 490. The first-order valence-electron chi connectivity index (χ1n) is 9.60. The second kappa shape index (κ2) is 13.6. The van der Waals surface area contributed by atoms with Gasteiger partial charge in [-0.25, -0.2) is 0 Å². The molecule has 0 aromatic heterocycles. The molecule has 2 rings (SSSR count). The SMILES string of the molecule is CN=C(NCCCOCC1CCOCC1)NCCOCc1ccccc1. The van der Waals surface area contributed by atoms with E-state index in [0.717, 1.165) is 64.7 Å². The first kappa shape index (κ1) is 20.7. The third-order valence-electron chi connectivity index (χ3n) is 4.33. The van der Waals surface area contributed by atoms with E-state index in [1.54, 1.807) is 7.05 Å². The van der Waals surface area contributed by atoms with Crippen molar-refractivity contribution >= 4 is 5.96 Å². The van der Waals surface area contributed by atoms with Gasteiger partial charge in [0, 0.05) is 46.6 Å². The quantitative estimate of drug-likeness (QED) is 0.358. The molecule has 0 aliphatic carbocycles. The number of guanidine groups is 1. The van der Waals surface area contributed by atoms with E-state index in [2.05, 4.69) is 27.8 Å². The fourth-order valence-corrected chi connectivity index (χ4v) is 2.77. The summed E-state index contributed by atoms with van der Waals surface area (Å²) in [6.07, 6.45) is 3.22. The van der Waals surface area contributed by atoms with E-state index < -0.39 is 0 Å². The van der Waals surface area contributed by atoms with Crippen LogP contribution in [-0.4, -0.2) is 59.1 Å². The lowest BCUT2D eigenvalue weighted by Gasteiger charge is -2.21. The van der Waals surface area contributed by atoms with Crippen molar-refractivity contribution in [3.8, 4) is 0 Å². The number of nitrogens with zero attached hydrogens (tertiary/aromatic N) is 1. The van der Waals surface area contributed by atoms with Crippen LogP contribution in [0.4, 0.5) is 0 Å². The third-order valence-corrected chi connectivity index (χ3v) is 4.33. The van der Waals surface area contributed by atoms with Crippen molar-refractivity contribution in [3.63, 3.8) is 0 Å². The Morgan fingerprint density at radius 1 is 1.08 bits per heavy atom. The highest BCUT2D eigenvalue weighted by Crippen LogP contribution is 2.14. The number of nitrogens with one attached hydrogen (secondary N) is 2. The van der Waals surface area contributed by atoms with E-state index in [9.17, 15) is 0 Å². The molecule has 0 amide bonds. The van der Waals surface area contributed by atoms with E-state index in [1.165, 1.54) is 5.56 Å². The lowest BCUT2D eigenvalue weighted by Crippen LogP contribution is -2.39. The molecule has 1 aliphatic heterocycles. The number of ether oxygens (including phenoxy) is 3. The van der Waals surface area contributed by atoms with Crippen LogP contribution in [0.3, 0.4) is 0 Å². The van der Waals surface area contributed by atoms with Crippen LogP contribution in [0.15, 0.2) is 35.3 Å².